The van der Waals surface area contributed by atoms with Gasteiger partial charge in [-0.2, -0.15) is 11.8 Å². The minimum atomic E-state index is -2.92. The highest BCUT2D eigenvalue weighted by Crippen LogP contribution is 2.46. The summed E-state index contributed by atoms with van der Waals surface area (Å²) in [7, 11) is -1.08. The molecule has 0 bridgehead atoms. The fourth-order valence-electron chi connectivity index (χ4n) is 4.23. The van der Waals surface area contributed by atoms with Gasteiger partial charge in [0.25, 0.3) is 0 Å². The van der Waals surface area contributed by atoms with Gasteiger partial charge in [0, 0.05) is 48.9 Å². The summed E-state index contributed by atoms with van der Waals surface area (Å²) in [6, 6.07) is 0. The number of hydrogen-bond acceptors (Lipinski definition) is 4. The number of hydrogen-bond donors (Lipinski definition) is 1. The maximum Gasteiger partial charge on any atom is 0.193 e. The zero-order valence-corrected chi connectivity index (χ0v) is 19.4. The summed E-state index contributed by atoms with van der Waals surface area (Å²) in [4.78, 5) is 6.89. The van der Waals surface area contributed by atoms with Crippen molar-refractivity contribution in [2.24, 2.45) is 10.4 Å². The second-order valence-electron chi connectivity index (χ2n) is 7.98. The van der Waals surface area contributed by atoms with Crippen molar-refractivity contribution in [1.29, 1.82) is 0 Å². The van der Waals surface area contributed by atoms with Gasteiger partial charge in [-0.25, -0.2) is 8.42 Å². The minimum Gasteiger partial charge on any atom is -0.356 e. The Morgan fingerprint density at radius 3 is 2.44 bits per heavy atom. The summed E-state index contributed by atoms with van der Waals surface area (Å²) < 4.78 is 23.7. The first kappa shape index (κ1) is 21.6. The standard InChI is InChI=1S/C17H31N3O2S2.HI/c1-18-15(19-12-16(8-9-16)14-24(2,21)22)20-10-11-23-17(13-20)6-4-3-5-7-17;/h3-14H2,1-2H3,(H,18,19);1H. The molecule has 5 nitrogen and oxygen atoms in total. The van der Waals surface area contributed by atoms with Crippen LogP contribution >= 0.6 is 35.7 Å². The van der Waals surface area contributed by atoms with Crippen molar-refractivity contribution in [1.82, 2.24) is 10.2 Å². The van der Waals surface area contributed by atoms with E-state index in [2.05, 4.69) is 27.0 Å². The van der Waals surface area contributed by atoms with Gasteiger partial charge in [0.2, 0.25) is 0 Å². The number of aliphatic imine (C=N–C) groups is 1. The van der Waals surface area contributed by atoms with Gasteiger partial charge in [-0.1, -0.05) is 19.3 Å². The van der Waals surface area contributed by atoms with E-state index in [1.165, 1.54) is 38.4 Å². The molecule has 1 N–H and O–H groups in total. The Hall–Kier alpha value is 0.300. The molecule has 1 aliphatic heterocycles. The molecular weight excluding hydrogens is 469 g/mol. The van der Waals surface area contributed by atoms with Crippen LogP contribution in [0.4, 0.5) is 0 Å². The number of nitrogens with one attached hydrogen (secondary N) is 1. The van der Waals surface area contributed by atoms with E-state index in [-0.39, 0.29) is 29.4 Å². The average molecular weight is 502 g/mol. The van der Waals surface area contributed by atoms with Gasteiger partial charge in [0.15, 0.2) is 5.96 Å². The second-order valence-corrected chi connectivity index (χ2v) is 11.7. The molecule has 1 saturated heterocycles. The summed E-state index contributed by atoms with van der Waals surface area (Å²) in [5.41, 5.74) is -0.0589. The molecule has 3 rings (SSSR count). The fraction of sp³-hybridized carbons (Fsp3) is 0.941. The van der Waals surface area contributed by atoms with Gasteiger partial charge in [0.1, 0.15) is 9.84 Å². The summed E-state index contributed by atoms with van der Waals surface area (Å²) >= 11 is 2.16. The first-order chi connectivity index (χ1) is 11.4. The fourth-order valence-corrected chi connectivity index (χ4v) is 7.30. The first-order valence-electron chi connectivity index (χ1n) is 9.13. The van der Waals surface area contributed by atoms with Crippen LogP contribution in [0.25, 0.3) is 0 Å². The molecule has 0 atom stereocenters. The molecule has 3 aliphatic rings. The van der Waals surface area contributed by atoms with Crippen LogP contribution in [-0.2, 0) is 9.84 Å². The third-order valence-electron chi connectivity index (χ3n) is 5.67. The molecule has 0 aromatic carbocycles. The quantitative estimate of drug-likeness (QED) is 0.365. The third-order valence-corrected chi connectivity index (χ3v) is 8.34. The van der Waals surface area contributed by atoms with Crippen molar-refractivity contribution >= 4 is 51.5 Å². The number of guanidine groups is 1. The first-order valence-corrected chi connectivity index (χ1v) is 12.2. The molecule has 0 radical (unpaired) electrons. The predicted octanol–water partition coefficient (Wildman–Crippen LogP) is 2.76. The van der Waals surface area contributed by atoms with Crippen LogP contribution in [0.3, 0.4) is 0 Å². The molecule has 0 amide bonds. The lowest BCUT2D eigenvalue weighted by molar-refractivity contribution is 0.292. The zero-order valence-electron chi connectivity index (χ0n) is 15.4. The normalized spacial score (nSPS) is 25.4. The summed E-state index contributed by atoms with van der Waals surface area (Å²) in [5.74, 6) is 2.42. The van der Waals surface area contributed by atoms with Crippen molar-refractivity contribution in [3.63, 3.8) is 0 Å². The molecule has 0 unspecified atom stereocenters. The highest BCUT2D eigenvalue weighted by Gasteiger charge is 2.45. The van der Waals surface area contributed by atoms with Crippen molar-refractivity contribution < 1.29 is 8.42 Å². The van der Waals surface area contributed by atoms with Crippen LogP contribution in [0.2, 0.25) is 0 Å². The monoisotopic (exact) mass is 501 g/mol. The Morgan fingerprint density at radius 2 is 1.88 bits per heavy atom. The number of nitrogens with zero attached hydrogens (tertiary/aromatic N) is 2. The van der Waals surface area contributed by atoms with Gasteiger partial charge >= 0.3 is 0 Å². The van der Waals surface area contributed by atoms with E-state index in [4.69, 9.17) is 0 Å². The zero-order chi connectivity index (χ0) is 17.3. The van der Waals surface area contributed by atoms with Gasteiger partial charge in [-0.15, -0.1) is 24.0 Å². The number of thioether (sulfide) groups is 1. The van der Waals surface area contributed by atoms with Gasteiger partial charge in [-0.05, 0) is 25.7 Å². The number of sulfone groups is 1. The van der Waals surface area contributed by atoms with Gasteiger partial charge in [0.05, 0.1) is 5.75 Å². The lowest BCUT2D eigenvalue weighted by Crippen LogP contribution is -2.54. The lowest BCUT2D eigenvalue weighted by atomic mass is 9.87. The van der Waals surface area contributed by atoms with Gasteiger partial charge < -0.3 is 10.2 Å². The van der Waals surface area contributed by atoms with Crippen LogP contribution in [0.5, 0.6) is 0 Å². The molecule has 2 saturated carbocycles. The van der Waals surface area contributed by atoms with Crippen LogP contribution in [0, 0.1) is 5.41 Å². The Kier molecular flexibility index (Phi) is 7.38. The Balaban J connectivity index is 0.00000225. The largest absolute Gasteiger partial charge is 0.356 e. The van der Waals surface area contributed by atoms with Crippen LogP contribution < -0.4 is 5.32 Å². The molecule has 1 heterocycles. The van der Waals surface area contributed by atoms with Crippen LogP contribution in [-0.4, -0.2) is 68.5 Å². The van der Waals surface area contributed by atoms with Crippen molar-refractivity contribution in [3.8, 4) is 0 Å². The highest BCUT2D eigenvalue weighted by molar-refractivity contribution is 14.0. The molecule has 0 aromatic heterocycles. The molecule has 0 aromatic rings. The van der Waals surface area contributed by atoms with Gasteiger partial charge in [-0.3, -0.25) is 4.99 Å². The molecule has 8 heteroatoms. The average Bonchev–Trinajstić information content (AvgIpc) is 3.26. The van der Waals surface area contributed by atoms with E-state index in [0.29, 0.717) is 10.5 Å². The molecule has 2 aliphatic carbocycles. The maximum atomic E-state index is 11.6. The summed E-state index contributed by atoms with van der Waals surface area (Å²) in [6.45, 7) is 2.84. The van der Waals surface area contributed by atoms with E-state index in [0.717, 1.165) is 44.2 Å². The smallest absolute Gasteiger partial charge is 0.193 e. The predicted molar refractivity (Wildman–Crippen MR) is 118 cm³/mol. The molecule has 146 valence electrons. The Morgan fingerprint density at radius 1 is 1.20 bits per heavy atom. The van der Waals surface area contributed by atoms with E-state index in [1.807, 2.05) is 7.05 Å². The molecule has 25 heavy (non-hydrogen) atoms. The maximum absolute atomic E-state index is 11.6. The van der Waals surface area contributed by atoms with Crippen LogP contribution in [0.1, 0.15) is 44.9 Å². The summed E-state index contributed by atoms with van der Waals surface area (Å²) in [6.07, 6.45) is 10.1. The van der Waals surface area contributed by atoms with Crippen molar-refractivity contribution in [2.75, 3.05) is 44.4 Å². The Bertz CT molecular complexity index is 579. The van der Waals surface area contributed by atoms with Crippen molar-refractivity contribution in [3.05, 3.63) is 0 Å². The highest BCUT2D eigenvalue weighted by atomic mass is 127. The van der Waals surface area contributed by atoms with E-state index in [1.54, 1.807) is 0 Å². The minimum absolute atomic E-state index is 0. The third kappa shape index (κ3) is 5.89. The van der Waals surface area contributed by atoms with Crippen LogP contribution in [0.15, 0.2) is 4.99 Å². The van der Waals surface area contributed by atoms with E-state index in [9.17, 15) is 8.42 Å². The SMILES string of the molecule is CN=C(NCC1(CS(C)(=O)=O)CC1)N1CCSC2(CCCCC2)C1.I. The number of halogens is 1. The Labute approximate surface area is 174 Å². The second kappa shape index (κ2) is 8.54. The molecule has 3 fully saturated rings. The number of rotatable bonds is 4. The molecular formula is C17H32IN3O2S2. The van der Waals surface area contributed by atoms with E-state index >= 15 is 0 Å². The lowest BCUT2D eigenvalue weighted by Gasteiger charge is -2.45. The topological polar surface area (TPSA) is 61.8 Å². The molecule has 1 spiro atoms. The summed E-state index contributed by atoms with van der Waals surface area (Å²) in [5, 5.41) is 3.49. The van der Waals surface area contributed by atoms with E-state index < -0.39 is 9.84 Å². The van der Waals surface area contributed by atoms with Crippen molar-refractivity contribution in [2.45, 2.75) is 49.7 Å².